The lowest BCUT2D eigenvalue weighted by molar-refractivity contribution is -0.138. The summed E-state index contributed by atoms with van der Waals surface area (Å²) in [5.74, 6) is -0.855. The van der Waals surface area contributed by atoms with Crippen LogP contribution >= 0.6 is 0 Å². The van der Waals surface area contributed by atoms with Crippen LogP contribution in [-0.4, -0.2) is 42.8 Å². The van der Waals surface area contributed by atoms with Gasteiger partial charge in [0.05, 0.1) is 0 Å². The summed E-state index contributed by atoms with van der Waals surface area (Å²) in [5.41, 5.74) is 2.51. The summed E-state index contributed by atoms with van der Waals surface area (Å²) in [7, 11) is 3.41. The van der Waals surface area contributed by atoms with Gasteiger partial charge in [0.15, 0.2) is 0 Å². The van der Waals surface area contributed by atoms with Gasteiger partial charge in [-0.05, 0) is 5.92 Å². The summed E-state index contributed by atoms with van der Waals surface area (Å²) in [4.78, 5) is 21.6. The van der Waals surface area contributed by atoms with E-state index in [9.17, 15) is 9.59 Å². The van der Waals surface area contributed by atoms with Crippen molar-refractivity contribution in [3.8, 4) is 0 Å². The summed E-state index contributed by atoms with van der Waals surface area (Å²) in [5, 5.41) is 12.7. The van der Waals surface area contributed by atoms with Gasteiger partial charge < -0.3 is 10.4 Å². The Bertz CT molecular complexity index is 219. The van der Waals surface area contributed by atoms with Crippen LogP contribution in [-0.2, 0) is 4.79 Å². The molecule has 0 aromatic rings. The molecule has 0 aliphatic rings. The fraction of sp³-hybridized carbons (Fsp3) is 0.778. The van der Waals surface area contributed by atoms with E-state index in [1.165, 1.54) is 5.01 Å². The van der Waals surface area contributed by atoms with E-state index in [2.05, 4.69) is 10.7 Å². The smallest absolute Gasteiger partial charge is 0.329 e. The molecule has 1 unspecified atom stereocenters. The molecule has 0 fully saturated rings. The third-order valence-corrected chi connectivity index (χ3v) is 1.92. The fourth-order valence-corrected chi connectivity index (χ4v) is 1.09. The van der Waals surface area contributed by atoms with E-state index in [0.29, 0.717) is 6.54 Å². The maximum absolute atomic E-state index is 11.1. The van der Waals surface area contributed by atoms with Crippen LogP contribution in [0, 0.1) is 5.92 Å². The number of hydrazine groups is 1. The maximum Gasteiger partial charge on any atom is 0.329 e. The van der Waals surface area contributed by atoms with Crippen LogP contribution in [0.15, 0.2) is 0 Å². The van der Waals surface area contributed by atoms with Gasteiger partial charge in [-0.3, -0.25) is 10.2 Å². The zero-order chi connectivity index (χ0) is 11.8. The van der Waals surface area contributed by atoms with Crippen molar-refractivity contribution in [1.82, 2.24) is 15.8 Å². The minimum atomic E-state index is -0.836. The van der Waals surface area contributed by atoms with Gasteiger partial charge in [0.2, 0.25) is 0 Å². The zero-order valence-corrected chi connectivity index (χ0v) is 9.41. The van der Waals surface area contributed by atoms with Crippen molar-refractivity contribution < 1.29 is 14.7 Å². The third kappa shape index (κ3) is 7.75. The molecule has 1 atom stereocenters. The molecule has 0 bridgehead atoms. The molecule has 3 N–H and O–H groups in total. The molecule has 0 saturated carbocycles. The lowest BCUT2D eigenvalue weighted by Crippen LogP contribution is -2.44. The number of rotatable bonds is 6. The second kappa shape index (κ2) is 7.05. The second-order valence-electron chi connectivity index (χ2n) is 3.59. The van der Waals surface area contributed by atoms with Crippen LogP contribution in [0.2, 0.25) is 0 Å². The molecule has 88 valence electrons. The highest BCUT2D eigenvalue weighted by molar-refractivity contribution is 5.73. The Kier molecular flexibility index (Phi) is 6.44. The minimum Gasteiger partial charge on any atom is -0.481 e. The number of carboxylic acids is 1. The fourth-order valence-electron chi connectivity index (χ4n) is 1.09. The third-order valence-electron chi connectivity index (χ3n) is 1.92. The van der Waals surface area contributed by atoms with E-state index in [4.69, 9.17) is 5.11 Å². The first kappa shape index (κ1) is 13.7. The molecular formula is C9H19N3O3. The van der Waals surface area contributed by atoms with Crippen molar-refractivity contribution in [2.75, 3.05) is 20.6 Å². The standard InChI is InChI=1S/C9H19N3O3/c1-4-7(5-8(13)14)6-10-9(15)11-12(2)3/h7H,4-6H2,1-3H3,(H,13,14)(H2,10,11,15). The molecule has 6 nitrogen and oxygen atoms in total. The first-order valence-corrected chi connectivity index (χ1v) is 4.89. The summed E-state index contributed by atoms with van der Waals surface area (Å²) < 4.78 is 0. The first-order valence-electron chi connectivity index (χ1n) is 4.89. The predicted octanol–water partition coefficient (Wildman–Crippen LogP) is 0.263. The van der Waals surface area contributed by atoms with E-state index >= 15 is 0 Å². The van der Waals surface area contributed by atoms with Crippen LogP contribution < -0.4 is 10.7 Å². The van der Waals surface area contributed by atoms with Crippen LogP contribution in [0.25, 0.3) is 0 Å². The number of carbonyl (C=O) groups is 2. The van der Waals surface area contributed by atoms with Gasteiger partial charge in [-0.15, -0.1) is 0 Å². The van der Waals surface area contributed by atoms with Crippen molar-refractivity contribution in [2.24, 2.45) is 5.92 Å². The van der Waals surface area contributed by atoms with Gasteiger partial charge in [-0.1, -0.05) is 13.3 Å². The molecule has 6 heteroatoms. The van der Waals surface area contributed by atoms with Crippen LogP contribution in [0.4, 0.5) is 4.79 Å². The highest BCUT2D eigenvalue weighted by Crippen LogP contribution is 2.06. The zero-order valence-electron chi connectivity index (χ0n) is 9.41. The molecule has 15 heavy (non-hydrogen) atoms. The molecule has 0 rings (SSSR count). The van der Waals surface area contributed by atoms with Crippen molar-refractivity contribution >= 4 is 12.0 Å². The highest BCUT2D eigenvalue weighted by atomic mass is 16.4. The monoisotopic (exact) mass is 217 g/mol. The molecule has 0 aliphatic carbocycles. The lowest BCUT2D eigenvalue weighted by Gasteiger charge is -2.16. The normalized spacial score (nSPS) is 12.3. The van der Waals surface area contributed by atoms with Gasteiger partial charge in [0.1, 0.15) is 0 Å². The van der Waals surface area contributed by atoms with Gasteiger partial charge >= 0.3 is 12.0 Å². The summed E-state index contributed by atoms with van der Waals surface area (Å²) in [6, 6.07) is -0.316. The minimum absolute atomic E-state index is 0.0181. The number of amides is 2. The average molecular weight is 217 g/mol. The Morgan fingerprint density at radius 1 is 1.40 bits per heavy atom. The first-order chi connectivity index (χ1) is 6.95. The van der Waals surface area contributed by atoms with E-state index < -0.39 is 5.97 Å². The lowest BCUT2D eigenvalue weighted by atomic mass is 10.0. The van der Waals surface area contributed by atoms with Gasteiger partial charge in [-0.25, -0.2) is 9.80 Å². The molecule has 0 heterocycles. The number of hydrogen-bond donors (Lipinski definition) is 3. The average Bonchev–Trinajstić information content (AvgIpc) is 2.10. The van der Waals surface area contributed by atoms with Crippen LogP contribution in [0.3, 0.4) is 0 Å². The molecule has 0 aliphatic heterocycles. The van der Waals surface area contributed by atoms with Crippen molar-refractivity contribution in [1.29, 1.82) is 0 Å². The van der Waals surface area contributed by atoms with Gasteiger partial charge in [0.25, 0.3) is 0 Å². The summed E-state index contributed by atoms with van der Waals surface area (Å²) in [6.45, 7) is 2.28. The van der Waals surface area contributed by atoms with Gasteiger partial charge in [0, 0.05) is 27.1 Å². The maximum atomic E-state index is 11.1. The van der Waals surface area contributed by atoms with Crippen molar-refractivity contribution in [3.05, 3.63) is 0 Å². The number of aliphatic carboxylic acids is 1. The highest BCUT2D eigenvalue weighted by Gasteiger charge is 2.12. The summed E-state index contributed by atoms with van der Waals surface area (Å²) >= 11 is 0. The number of urea groups is 1. The Hall–Kier alpha value is -1.30. The van der Waals surface area contributed by atoms with Crippen molar-refractivity contribution in [3.63, 3.8) is 0 Å². The predicted molar refractivity (Wildman–Crippen MR) is 56.3 cm³/mol. The molecular weight excluding hydrogens is 198 g/mol. The molecule has 0 aromatic heterocycles. The van der Waals surface area contributed by atoms with Gasteiger partial charge in [-0.2, -0.15) is 0 Å². The molecule has 0 saturated heterocycles. The summed E-state index contributed by atoms with van der Waals surface area (Å²) in [6.07, 6.45) is 0.813. The Morgan fingerprint density at radius 2 is 2.00 bits per heavy atom. The number of nitrogens with zero attached hydrogens (tertiary/aromatic N) is 1. The van der Waals surface area contributed by atoms with Crippen LogP contribution in [0.1, 0.15) is 19.8 Å². The Morgan fingerprint density at radius 3 is 2.40 bits per heavy atom. The number of nitrogens with one attached hydrogen (secondary N) is 2. The quantitative estimate of drug-likeness (QED) is 0.557. The second-order valence-corrected chi connectivity index (χ2v) is 3.59. The van der Waals surface area contributed by atoms with E-state index in [0.717, 1.165) is 6.42 Å². The topological polar surface area (TPSA) is 81.7 Å². The van der Waals surface area contributed by atoms with E-state index in [1.807, 2.05) is 6.92 Å². The van der Waals surface area contributed by atoms with E-state index in [-0.39, 0.29) is 18.4 Å². The number of hydrogen-bond acceptors (Lipinski definition) is 3. The SMILES string of the molecule is CCC(CNC(=O)NN(C)C)CC(=O)O. The molecule has 2 amide bonds. The number of carboxylic acid groups (broad SMARTS) is 1. The molecule has 0 radical (unpaired) electrons. The van der Waals surface area contributed by atoms with Crippen molar-refractivity contribution in [2.45, 2.75) is 19.8 Å². The Balaban J connectivity index is 3.79. The largest absolute Gasteiger partial charge is 0.481 e. The molecule has 0 spiro atoms. The molecule has 0 aromatic carbocycles. The Labute approximate surface area is 89.6 Å². The van der Waals surface area contributed by atoms with E-state index in [1.54, 1.807) is 14.1 Å². The number of carbonyl (C=O) groups excluding carboxylic acids is 1. The van der Waals surface area contributed by atoms with Crippen LogP contribution in [0.5, 0.6) is 0 Å².